The molecule has 6 nitrogen and oxygen atoms in total. The van der Waals surface area contributed by atoms with Gasteiger partial charge in [0.15, 0.2) is 5.69 Å². The van der Waals surface area contributed by atoms with Crippen LogP contribution in [0.5, 0.6) is 0 Å². The first kappa shape index (κ1) is 23.7. The molecule has 1 aromatic carbocycles. The van der Waals surface area contributed by atoms with Gasteiger partial charge in [0.1, 0.15) is 6.04 Å². The van der Waals surface area contributed by atoms with Crippen molar-refractivity contribution in [3.8, 4) is 0 Å². The predicted octanol–water partition coefficient (Wildman–Crippen LogP) is 4.67. The molecular formula is C22H25Cl2N3O3. The van der Waals surface area contributed by atoms with Crippen molar-refractivity contribution in [2.75, 3.05) is 7.11 Å². The summed E-state index contributed by atoms with van der Waals surface area (Å²) in [5.74, 6) is -1.12. The first-order valence-corrected chi connectivity index (χ1v) is 10.1. The van der Waals surface area contributed by atoms with Crippen LogP contribution in [-0.4, -0.2) is 34.8 Å². The van der Waals surface area contributed by atoms with Crippen LogP contribution in [0, 0.1) is 12.8 Å². The summed E-state index contributed by atoms with van der Waals surface area (Å²) in [5.41, 5.74) is 2.41. The number of nitrogens with one attached hydrogen (secondary N) is 1. The molecule has 0 fully saturated rings. The van der Waals surface area contributed by atoms with Gasteiger partial charge in [-0.2, -0.15) is 5.10 Å². The van der Waals surface area contributed by atoms with Crippen LogP contribution in [0.2, 0.25) is 10.0 Å². The summed E-state index contributed by atoms with van der Waals surface area (Å²) in [6.07, 6.45) is 5.09. The van der Waals surface area contributed by atoms with Crippen LogP contribution in [0.3, 0.4) is 0 Å². The van der Waals surface area contributed by atoms with Gasteiger partial charge in [0.05, 0.1) is 13.7 Å². The van der Waals surface area contributed by atoms with Crippen LogP contribution in [0.25, 0.3) is 6.08 Å². The van der Waals surface area contributed by atoms with Gasteiger partial charge < -0.3 is 10.1 Å². The van der Waals surface area contributed by atoms with E-state index >= 15 is 0 Å². The summed E-state index contributed by atoms with van der Waals surface area (Å²) < 4.78 is 6.49. The lowest BCUT2D eigenvalue weighted by atomic mass is 10.0. The van der Waals surface area contributed by atoms with E-state index in [0.29, 0.717) is 22.2 Å². The highest BCUT2D eigenvalue weighted by Gasteiger charge is 2.28. The molecule has 1 N–H and O–H groups in total. The summed E-state index contributed by atoms with van der Waals surface area (Å²) in [7, 11) is 1.29. The number of ether oxygens (including phenoxy) is 1. The first-order valence-electron chi connectivity index (χ1n) is 9.38. The minimum absolute atomic E-state index is 0.148. The summed E-state index contributed by atoms with van der Waals surface area (Å²) in [6, 6.07) is 4.44. The molecular weight excluding hydrogens is 425 g/mol. The third-order valence-corrected chi connectivity index (χ3v) is 5.20. The maximum Gasteiger partial charge on any atom is 0.328 e. The monoisotopic (exact) mass is 449 g/mol. The molecule has 0 radical (unpaired) electrons. The summed E-state index contributed by atoms with van der Waals surface area (Å²) >= 11 is 12.3. The van der Waals surface area contributed by atoms with Crippen molar-refractivity contribution in [1.29, 1.82) is 0 Å². The van der Waals surface area contributed by atoms with E-state index in [9.17, 15) is 9.59 Å². The topological polar surface area (TPSA) is 73.2 Å². The number of esters is 1. The number of hydrogen-bond donors (Lipinski definition) is 1. The molecule has 1 amide bonds. The van der Waals surface area contributed by atoms with Gasteiger partial charge >= 0.3 is 5.97 Å². The molecule has 2 aromatic rings. The number of methoxy groups -OCH3 is 1. The number of halogens is 2. The maximum absolute atomic E-state index is 13.0. The Balaban J connectivity index is 2.44. The Morgan fingerprint density at radius 2 is 2.03 bits per heavy atom. The normalized spacial score (nSPS) is 12.2. The molecule has 0 aliphatic heterocycles. The van der Waals surface area contributed by atoms with Crippen molar-refractivity contribution in [3.05, 3.63) is 69.5 Å². The van der Waals surface area contributed by atoms with Crippen LogP contribution in [0.1, 0.15) is 41.2 Å². The zero-order valence-electron chi connectivity index (χ0n) is 17.4. The SMILES string of the molecule is C=C/C=C\c1c(C(=O)NC(C(=O)OC)C(C)C)nn(Cc2ccc(Cl)cc2Cl)c1C. The fourth-order valence-corrected chi connectivity index (χ4v) is 3.36. The molecule has 2 rings (SSSR count). The van der Waals surface area contributed by atoms with Crippen molar-refractivity contribution >= 4 is 41.2 Å². The zero-order valence-corrected chi connectivity index (χ0v) is 18.9. The Labute approximate surface area is 186 Å². The summed E-state index contributed by atoms with van der Waals surface area (Å²) in [6.45, 7) is 9.54. The number of amides is 1. The molecule has 8 heteroatoms. The lowest BCUT2D eigenvalue weighted by molar-refractivity contribution is -0.144. The summed E-state index contributed by atoms with van der Waals surface area (Å²) in [4.78, 5) is 25.0. The Bertz CT molecular complexity index is 980. The van der Waals surface area contributed by atoms with Gasteiger partial charge in [-0.3, -0.25) is 9.48 Å². The number of rotatable bonds is 8. The maximum atomic E-state index is 13.0. The Morgan fingerprint density at radius 3 is 2.60 bits per heavy atom. The average molecular weight is 450 g/mol. The second kappa shape index (κ2) is 10.5. The quantitative estimate of drug-likeness (QED) is 0.469. The molecule has 1 aromatic heterocycles. The van der Waals surface area contributed by atoms with Crippen LogP contribution in [0.4, 0.5) is 0 Å². The molecule has 1 heterocycles. The smallest absolute Gasteiger partial charge is 0.328 e. The second-order valence-corrected chi connectivity index (χ2v) is 7.90. The van der Waals surface area contributed by atoms with E-state index in [-0.39, 0.29) is 11.6 Å². The van der Waals surface area contributed by atoms with Gasteiger partial charge in [-0.15, -0.1) is 0 Å². The van der Waals surface area contributed by atoms with Crippen molar-refractivity contribution in [2.45, 2.75) is 33.4 Å². The van der Waals surface area contributed by atoms with Crippen molar-refractivity contribution in [2.24, 2.45) is 5.92 Å². The van der Waals surface area contributed by atoms with Crippen LogP contribution >= 0.6 is 23.2 Å². The number of benzene rings is 1. The second-order valence-electron chi connectivity index (χ2n) is 7.05. The largest absolute Gasteiger partial charge is 0.467 e. The van der Waals surface area contributed by atoms with E-state index in [2.05, 4.69) is 17.0 Å². The number of carbonyl (C=O) groups is 2. The minimum Gasteiger partial charge on any atom is -0.467 e. The van der Waals surface area contributed by atoms with Gasteiger partial charge in [0, 0.05) is 21.3 Å². The predicted molar refractivity (Wildman–Crippen MR) is 120 cm³/mol. The number of aromatic nitrogens is 2. The highest BCUT2D eigenvalue weighted by atomic mass is 35.5. The lowest BCUT2D eigenvalue weighted by Gasteiger charge is -2.19. The molecule has 0 saturated carbocycles. The number of nitrogens with zero attached hydrogens (tertiary/aromatic N) is 2. The molecule has 160 valence electrons. The van der Waals surface area contributed by atoms with E-state index in [4.69, 9.17) is 27.9 Å². The van der Waals surface area contributed by atoms with Gasteiger partial charge in [0.25, 0.3) is 5.91 Å². The molecule has 1 atom stereocenters. The van der Waals surface area contributed by atoms with Gasteiger partial charge in [0.2, 0.25) is 0 Å². The first-order chi connectivity index (χ1) is 14.2. The van der Waals surface area contributed by atoms with Crippen molar-refractivity contribution in [1.82, 2.24) is 15.1 Å². The third kappa shape index (κ3) is 5.52. The van der Waals surface area contributed by atoms with E-state index in [1.807, 2.05) is 26.8 Å². The van der Waals surface area contributed by atoms with Gasteiger partial charge in [-0.25, -0.2) is 4.79 Å². The molecule has 0 aliphatic carbocycles. The van der Waals surface area contributed by atoms with E-state index < -0.39 is 17.9 Å². The molecule has 0 saturated heterocycles. The number of allylic oxidation sites excluding steroid dienone is 2. The Hall–Kier alpha value is -2.57. The minimum atomic E-state index is -0.783. The van der Waals surface area contributed by atoms with E-state index in [1.165, 1.54) is 7.11 Å². The highest BCUT2D eigenvalue weighted by Crippen LogP contribution is 2.24. The van der Waals surface area contributed by atoms with Crippen LogP contribution in [-0.2, 0) is 16.1 Å². The van der Waals surface area contributed by atoms with Crippen molar-refractivity contribution in [3.63, 3.8) is 0 Å². The number of carbonyl (C=O) groups excluding carboxylic acids is 2. The fraction of sp³-hybridized carbons (Fsp3) is 0.318. The third-order valence-electron chi connectivity index (χ3n) is 4.61. The van der Waals surface area contributed by atoms with Crippen LogP contribution < -0.4 is 5.32 Å². The molecule has 1 unspecified atom stereocenters. The van der Waals surface area contributed by atoms with Gasteiger partial charge in [-0.1, -0.05) is 67.9 Å². The Kier molecular flexibility index (Phi) is 8.26. The van der Waals surface area contributed by atoms with Crippen LogP contribution in [0.15, 0.2) is 36.9 Å². The molecule has 0 aliphatic rings. The zero-order chi connectivity index (χ0) is 22.4. The Morgan fingerprint density at radius 1 is 1.33 bits per heavy atom. The highest BCUT2D eigenvalue weighted by molar-refractivity contribution is 6.35. The molecule has 0 bridgehead atoms. The van der Waals surface area contributed by atoms with Gasteiger partial charge in [-0.05, 0) is 30.5 Å². The average Bonchev–Trinajstić information content (AvgIpc) is 3.01. The molecule has 0 spiro atoms. The fourth-order valence-electron chi connectivity index (χ4n) is 2.89. The summed E-state index contributed by atoms with van der Waals surface area (Å²) in [5, 5.41) is 8.28. The number of hydrogen-bond acceptors (Lipinski definition) is 4. The van der Waals surface area contributed by atoms with E-state index in [1.54, 1.807) is 35.0 Å². The van der Waals surface area contributed by atoms with Crippen molar-refractivity contribution < 1.29 is 14.3 Å². The van der Waals surface area contributed by atoms with E-state index in [0.717, 1.165) is 11.3 Å². The lowest BCUT2D eigenvalue weighted by Crippen LogP contribution is -2.45. The standard InChI is InChI=1S/C22H25Cl2N3O3/c1-6-7-8-17-14(4)27(12-15-9-10-16(23)11-18(15)24)26-20(17)21(28)25-19(13(2)3)22(29)30-5/h6-11,13,19H,1,12H2,2-5H3,(H,25,28)/b8-7-. The molecule has 30 heavy (non-hydrogen) atoms.